The molecule has 1 fully saturated rings. The summed E-state index contributed by atoms with van der Waals surface area (Å²) in [5, 5.41) is 11.7. The summed E-state index contributed by atoms with van der Waals surface area (Å²) in [6, 6.07) is 7.41. The summed E-state index contributed by atoms with van der Waals surface area (Å²) in [7, 11) is 0. The molecular weight excluding hydrogens is 294 g/mol. The first-order valence-electron chi connectivity index (χ1n) is 8.26. The third kappa shape index (κ3) is 4.79. The van der Waals surface area contributed by atoms with Crippen molar-refractivity contribution in [1.29, 1.82) is 0 Å². The van der Waals surface area contributed by atoms with Gasteiger partial charge in [-0.15, -0.1) is 0 Å². The van der Waals surface area contributed by atoms with Crippen LogP contribution in [0.15, 0.2) is 24.3 Å². The van der Waals surface area contributed by atoms with E-state index >= 15 is 0 Å². The number of ether oxygens (including phenoxy) is 1. The molecule has 0 spiro atoms. The average Bonchev–Trinajstić information content (AvgIpc) is 2.49. The third-order valence-corrected chi connectivity index (χ3v) is 4.56. The normalized spacial score (nSPS) is 15.7. The Hall–Kier alpha value is -1.88. The predicted octanol–water partition coefficient (Wildman–Crippen LogP) is 3.24. The molecule has 1 aliphatic rings. The minimum Gasteiger partial charge on any atom is -0.481 e. The first kappa shape index (κ1) is 17.5. The molecule has 0 heterocycles. The number of carboxylic acids is 1. The Bertz CT molecular complexity index is 534. The van der Waals surface area contributed by atoms with Crippen molar-refractivity contribution in [3.05, 3.63) is 29.8 Å². The van der Waals surface area contributed by atoms with E-state index < -0.39 is 5.97 Å². The van der Waals surface area contributed by atoms with E-state index in [2.05, 4.69) is 5.32 Å². The molecule has 126 valence electrons. The molecule has 1 aromatic carbocycles. The maximum absolute atomic E-state index is 12.6. The van der Waals surface area contributed by atoms with Gasteiger partial charge in [-0.1, -0.05) is 18.6 Å². The van der Waals surface area contributed by atoms with Crippen LogP contribution in [0.4, 0.5) is 5.69 Å². The SMILES string of the molecule is CCOCCC1(C(=O)Nc2ccc(CCC(=O)O)cc2)CCC1. The van der Waals surface area contributed by atoms with Gasteiger partial charge >= 0.3 is 5.97 Å². The number of rotatable bonds is 9. The van der Waals surface area contributed by atoms with Gasteiger partial charge in [-0.05, 0) is 50.3 Å². The fourth-order valence-corrected chi connectivity index (χ4v) is 2.88. The summed E-state index contributed by atoms with van der Waals surface area (Å²) in [4.78, 5) is 23.1. The van der Waals surface area contributed by atoms with Crippen LogP contribution in [0.1, 0.15) is 44.6 Å². The highest BCUT2D eigenvalue weighted by Gasteiger charge is 2.43. The van der Waals surface area contributed by atoms with Crippen LogP contribution in [0.25, 0.3) is 0 Å². The molecular formula is C18H25NO4. The highest BCUT2D eigenvalue weighted by Crippen LogP contribution is 2.44. The van der Waals surface area contributed by atoms with E-state index in [-0.39, 0.29) is 17.7 Å². The summed E-state index contributed by atoms with van der Waals surface area (Å²) < 4.78 is 5.40. The lowest BCUT2D eigenvalue weighted by molar-refractivity contribution is -0.137. The molecule has 1 saturated carbocycles. The van der Waals surface area contributed by atoms with Gasteiger partial charge in [0.15, 0.2) is 0 Å². The number of aliphatic carboxylic acids is 1. The first-order valence-corrected chi connectivity index (χ1v) is 8.26. The molecule has 1 aliphatic carbocycles. The van der Waals surface area contributed by atoms with Crippen LogP contribution in [0.2, 0.25) is 0 Å². The summed E-state index contributed by atoms with van der Waals surface area (Å²) in [6.45, 7) is 3.26. The first-order chi connectivity index (χ1) is 11.1. The smallest absolute Gasteiger partial charge is 0.303 e. The van der Waals surface area contributed by atoms with Gasteiger partial charge in [-0.25, -0.2) is 0 Å². The molecule has 0 atom stereocenters. The lowest BCUT2D eigenvalue weighted by Gasteiger charge is -2.40. The number of benzene rings is 1. The zero-order valence-electron chi connectivity index (χ0n) is 13.6. The zero-order chi connectivity index (χ0) is 16.7. The Labute approximate surface area is 137 Å². The van der Waals surface area contributed by atoms with Gasteiger partial charge in [-0.3, -0.25) is 9.59 Å². The van der Waals surface area contributed by atoms with E-state index in [0.29, 0.717) is 19.6 Å². The summed E-state index contributed by atoms with van der Waals surface area (Å²) in [5.74, 6) is -0.731. The molecule has 0 aromatic heterocycles. The van der Waals surface area contributed by atoms with Gasteiger partial charge < -0.3 is 15.2 Å². The highest BCUT2D eigenvalue weighted by molar-refractivity contribution is 5.95. The van der Waals surface area contributed by atoms with E-state index in [1.54, 1.807) is 0 Å². The second-order valence-corrected chi connectivity index (χ2v) is 6.13. The zero-order valence-corrected chi connectivity index (χ0v) is 13.6. The monoisotopic (exact) mass is 319 g/mol. The topological polar surface area (TPSA) is 75.6 Å². The second kappa shape index (κ2) is 8.11. The molecule has 0 unspecified atom stereocenters. The molecule has 0 radical (unpaired) electrons. The number of anilines is 1. The molecule has 0 saturated heterocycles. The van der Waals surface area contributed by atoms with Gasteiger partial charge in [0.1, 0.15) is 0 Å². The molecule has 1 amide bonds. The third-order valence-electron chi connectivity index (χ3n) is 4.56. The van der Waals surface area contributed by atoms with Crippen molar-refractivity contribution in [2.75, 3.05) is 18.5 Å². The second-order valence-electron chi connectivity index (χ2n) is 6.13. The van der Waals surface area contributed by atoms with Gasteiger partial charge in [0.2, 0.25) is 5.91 Å². The van der Waals surface area contributed by atoms with Crippen LogP contribution >= 0.6 is 0 Å². The van der Waals surface area contributed by atoms with Crippen LogP contribution < -0.4 is 5.32 Å². The number of hydrogen-bond acceptors (Lipinski definition) is 3. The minimum atomic E-state index is -0.802. The molecule has 23 heavy (non-hydrogen) atoms. The van der Waals surface area contributed by atoms with Gasteiger partial charge in [0.05, 0.1) is 5.41 Å². The fourth-order valence-electron chi connectivity index (χ4n) is 2.88. The van der Waals surface area contributed by atoms with E-state index in [0.717, 1.165) is 36.9 Å². The van der Waals surface area contributed by atoms with Crippen molar-refractivity contribution in [1.82, 2.24) is 0 Å². The lowest BCUT2D eigenvalue weighted by Crippen LogP contribution is -2.42. The molecule has 2 rings (SSSR count). The van der Waals surface area contributed by atoms with Crippen molar-refractivity contribution in [2.24, 2.45) is 5.41 Å². The Kier molecular flexibility index (Phi) is 6.16. The molecule has 5 heteroatoms. The number of hydrogen-bond donors (Lipinski definition) is 2. The molecule has 1 aromatic rings. The summed E-state index contributed by atoms with van der Waals surface area (Å²) >= 11 is 0. The largest absolute Gasteiger partial charge is 0.481 e. The average molecular weight is 319 g/mol. The number of amides is 1. The summed E-state index contributed by atoms with van der Waals surface area (Å²) in [5.41, 5.74) is 1.44. The lowest BCUT2D eigenvalue weighted by atomic mass is 9.66. The molecule has 0 bridgehead atoms. The van der Waals surface area contributed by atoms with Crippen molar-refractivity contribution >= 4 is 17.6 Å². The van der Waals surface area contributed by atoms with Gasteiger partial charge in [0.25, 0.3) is 0 Å². The van der Waals surface area contributed by atoms with Gasteiger partial charge in [-0.2, -0.15) is 0 Å². The van der Waals surface area contributed by atoms with Gasteiger partial charge in [0, 0.05) is 25.3 Å². The van der Waals surface area contributed by atoms with E-state index in [1.165, 1.54) is 0 Å². The van der Waals surface area contributed by atoms with Crippen LogP contribution in [0.5, 0.6) is 0 Å². The molecule has 5 nitrogen and oxygen atoms in total. The van der Waals surface area contributed by atoms with E-state index in [9.17, 15) is 9.59 Å². The maximum Gasteiger partial charge on any atom is 0.303 e. The number of carbonyl (C=O) groups excluding carboxylic acids is 1. The Morgan fingerprint density at radius 1 is 1.26 bits per heavy atom. The van der Waals surface area contributed by atoms with Crippen LogP contribution in [-0.2, 0) is 20.7 Å². The maximum atomic E-state index is 12.6. The van der Waals surface area contributed by atoms with Crippen molar-refractivity contribution in [3.8, 4) is 0 Å². The van der Waals surface area contributed by atoms with E-state index in [4.69, 9.17) is 9.84 Å². The van der Waals surface area contributed by atoms with Crippen molar-refractivity contribution < 1.29 is 19.4 Å². The predicted molar refractivity (Wildman–Crippen MR) is 88.4 cm³/mol. The number of nitrogens with one attached hydrogen (secondary N) is 1. The van der Waals surface area contributed by atoms with Crippen molar-refractivity contribution in [2.45, 2.75) is 45.4 Å². The fraction of sp³-hybridized carbons (Fsp3) is 0.556. The Balaban J connectivity index is 1.90. The van der Waals surface area contributed by atoms with Crippen LogP contribution in [0, 0.1) is 5.41 Å². The highest BCUT2D eigenvalue weighted by atomic mass is 16.5. The number of carboxylic acid groups (broad SMARTS) is 1. The Morgan fingerprint density at radius 2 is 1.96 bits per heavy atom. The summed E-state index contributed by atoms with van der Waals surface area (Å²) in [6.07, 6.45) is 4.32. The molecule has 2 N–H and O–H groups in total. The van der Waals surface area contributed by atoms with Crippen LogP contribution in [0.3, 0.4) is 0 Å². The number of carbonyl (C=O) groups is 2. The standard InChI is InChI=1S/C18H25NO4/c1-2-23-13-12-18(10-3-11-18)17(22)19-15-7-4-14(5-8-15)6-9-16(20)21/h4-5,7-8H,2-3,6,9-13H2,1H3,(H,19,22)(H,20,21). The van der Waals surface area contributed by atoms with E-state index in [1.807, 2.05) is 31.2 Å². The minimum absolute atomic E-state index is 0.0711. The number of aryl methyl sites for hydroxylation is 1. The Morgan fingerprint density at radius 3 is 2.48 bits per heavy atom. The molecule has 0 aliphatic heterocycles. The quantitative estimate of drug-likeness (QED) is 0.685. The van der Waals surface area contributed by atoms with Crippen LogP contribution in [-0.4, -0.2) is 30.2 Å². The van der Waals surface area contributed by atoms with Crippen molar-refractivity contribution in [3.63, 3.8) is 0 Å².